The highest BCUT2D eigenvalue weighted by molar-refractivity contribution is 5.98. The van der Waals surface area contributed by atoms with Crippen LogP contribution in [0.1, 0.15) is 44.6 Å². The smallest absolute Gasteiger partial charge is 0.313 e. The first-order valence-electron chi connectivity index (χ1n) is 14.2. The molecular weight excluding hydrogens is 563 g/mol. The van der Waals surface area contributed by atoms with Crippen LogP contribution in [-0.2, 0) is 40.0 Å². The monoisotopic (exact) mass is 600 g/mol. The Morgan fingerprint density at radius 3 is 2.65 bits per heavy atom. The fourth-order valence-electron chi connectivity index (χ4n) is 4.27. The lowest BCUT2D eigenvalue weighted by molar-refractivity contribution is -0.176. The maximum atomic E-state index is 15.1. The van der Waals surface area contributed by atoms with Gasteiger partial charge in [0.05, 0.1) is 37.9 Å². The molecule has 232 valence electrons. The molecule has 2 saturated heterocycles. The molecule has 43 heavy (non-hydrogen) atoms. The van der Waals surface area contributed by atoms with Gasteiger partial charge in [0.2, 0.25) is 5.95 Å². The molecule has 14 heteroatoms. The number of carbonyl (C=O) groups excluding carboxylic acids is 2. The minimum Gasteiger partial charge on any atom is -0.465 e. The van der Waals surface area contributed by atoms with Crippen LogP contribution in [-0.4, -0.2) is 79.3 Å². The lowest BCUT2D eigenvalue weighted by Gasteiger charge is -2.32. The highest BCUT2D eigenvalue weighted by Gasteiger charge is 2.26. The summed E-state index contributed by atoms with van der Waals surface area (Å²) in [6, 6.07) is 4.74. The van der Waals surface area contributed by atoms with Crippen LogP contribution < -0.4 is 10.6 Å². The van der Waals surface area contributed by atoms with Crippen LogP contribution >= 0.6 is 0 Å². The molecule has 4 rings (SSSR count). The van der Waals surface area contributed by atoms with Crippen molar-refractivity contribution < 1.29 is 37.8 Å². The van der Waals surface area contributed by atoms with Crippen molar-refractivity contribution in [1.82, 2.24) is 9.97 Å². The van der Waals surface area contributed by atoms with Crippen LogP contribution in [0.3, 0.4) is 0 Å². The van der Waals surface area contributed by atoms with Crippen LogP contribution in [0.5, 0.6) is 0 Å². The molecule has 2 aromatic rings. The predicted octanol–water partition coefficient (Wildman–Crippen LogP) is 2.96. The van der Waals surface area contributed by atoms with Crippen molar-refractivity contribution in [2.75, 3.05) is 44.4 Å². The zero-order valence-electron chi connectivity index (χ0n) is 24.1. The van der Waals surface area contributed by atoms with E-state index in [9.17, 15) is 9.59 Å². The van der Waals surface area contributed by atoms with Gasteiger partial charge in [0.1, 0.15) is 31.3 Å². The molecule has 2 atom stereocenters. The SMILES string of the molecule is CCC(=O)OCC(CON=C1CN(c2ncc(-c3cccc(COC(=O)CC(=N)N)c3F)cn2)C1)COC1CCCCO1. The lowest BCUT2D eigenvalue weighted by Crippen LogP contribution is -2.48. The standard InChI is InChI=1S/C29H37FN6O7/c1-2-25(37)40-15-19(16-42-27-8-3-4-9-39-27)17-43-35-22-13-36(14-22)29-33-11-21(12-34-29)23-7-5-6-20(28(23)30)18-41-26(38)10-24(31)32/h5-7,11-12,19,27H,2-4,8-10,13-18H2,1H3,(H3,31,32). The van der Waals surface area contributed by atoms with Crippen molar-refractivity contribution in [3.05, 3.63) is 42.0 Å². The Morgan fingerprint density at radius 1 is 1.16 bits per heavy atom. The van der Waals surface area contributed by atoms with E-state index in [-0.39, 0.29) is 61.4 Å². The number of nitrogens with zero attached hydrogens (tertiary/aromatic N) is 4. The highest BCUT2D eigenvalue weighted by Crippen LogP contribution is 2.26. The van der Waals surface area contributed by atoms with E-state index < -0.39 is 11.8 Å². The number of halogens is 1. The third-order valence-corrected chi connectivity index (χ3v) is 6.71. The average Bonchev–Trinajstić information content (AvgIpc) is 2.99. The number of anilines is 1. The first-order chi connectivity index (χ1) is 20.8. The number of nitrogens with one attached hydrogen (secondary N) is 1. The first kappa shape index (κ1) is 31.8. The summed E-state index contributed by atoms with van der Waals surface area (Å²) in [4.78, 5) is 39.5. The number of rotatable bonds is 15. The molecule has 1 aromatic heterocycles. The summed E-state index contributed by atoms with van der Waals surface area (Å²) in [6.45, 7) is 3.79. The molecule has 2 unspecified atom stereocenters. The Kier molecular flexibility index (Phi) is 11.7. The van der Waals surface area contributed by atoms with Gasteiger partial charge in [-0.05, 0) is 19.3 Å². The van der Waals surface area contributed by atoms with Crippen molar-refractivity contribution in [2.45, 2.75) is 51.9 Å². The van der Waals surface area contributed by atoms with Gasteiger partial charge in [-0.2, -0.15) is 0 Å². The Hall–Kier alpha value is -4.17. The minimum absolute atomic E-state index is 0.172. The largest absolute Gasteiger partial charge is 0.465 e. The molecule has 3 heterocycles. The molecule has 0 radical (unpaired) electrons. The number of hydrogen-bond donors (Lipinski definition) is 2. The van der Waals surface area contributed by atoms with Crippen LogP contribution in [0.2, 0.25) is 0 Å². The number of hydrogen-bond acceptors (Lipinski definition) is 12. The fraction of sp³-hybridized carbons (Fsp3) is 0.517. The fourth-order valence-corrected chi connectivity index (χ4v) is 4.27. The van der Waals surface area contributed by atoms with Gasteiger partial charge in [0.15, 0.2) is 6.29 Å². The number of esters is 2. The van der Waals surface area contributed by atoms with Crippen molar-refractivity contribution in [1.29, 1.82) is 5.41 Å². The predicted molar refractivity (Wildman–Crippen MR) is 154 cm³/mol. The van der Waals surface area contributed by atoms with Gasteiger partial charge in [-0.3, -0.25) is 15.0 Å². The first-order valence-corrected chi connectivity index (χ1v) is 14.2. The maximum Gasteiger partial charge on any atom is 0.313 e. The Balaban J connectivity index is 1.26. The second-order valence-electron chi connectivity index (χ2n) is 10.3. The quantitative estimate of drug-likeness (QED) is 0.133. The van der Waals surface area contributed by atoms with Crippen LogP contribution in [0, 0.1) is 17.1 Å². The van der Waals surface area contributed by atoms with Gasteiger partial charge in [-0.1, -0.05) is 30.3 Å². The van der Waals surface area contributed by atoms with Crippen molar-refractivity contribution in [2.24, 2.45) is 16.8 Å². The van der Waals surface area contributed by atoms with Gasteiger partial charge in [0.25, 0.3) is 0 Å². The molecule has 1 aromatic carbocycles. The number of aromatic nitrogens is 2. The third kappa shape index (κ3) is 9.68. The normalized spacial score (nSPS) is 17.0. The number of benzene rings is 1. The van der Waals surface area contributed by atoms with Gasteiger partial charge >= 0.3 is 11.9 Å². The summed E-state index contributed by atoms with van der Waals surface area (Å²) in [5.41, 5.74) is 6.90. The molecule has 2 aliphatic rings. The van der Waals surface area contributed by atoms with Crippen molar-refractivity contribution in [3.8, 4) is 11.1 Å². The lowest BCUT2D eigenvalue weighted by atomic mass is 10.1. The van der Waals surface area contributed by atoms with E-state index in [1.165, 1.54) is 18.5 Å². The van der Waals surface area contributed by atoms with E-state index in [2.05, 4.69) is 15.1 Å². The van der Waals surface area contributed by atoms with E-state index in [1.807, 2.05) is 4.90 Å². The average molecular weight is 601 g/mol. The molecule has 2 fully saturated rings. The summed E-state index contributed by atoms with van der Waals surface area (Å²) in [5, 5.41) is 11.4. The van der Waals surface area contributed by atoms with Crippen molar-refractivity contribution >= 4 is 29.4 Å². The molecule has 2 aliphatic heterocycles. The number of amidine groups is 1. The van der Waals surface area contributed by atoms with Gasteiger partial charge in [0, 0.05) is 42.1 Å². The second-order valence-corrected chi connectivity index (χ2v) is 10.3. The van der Waals surface area contributed by atoms with Crippen molar-refractivity contribution in [3.63, 3.8) is 0 Å². The number of carbonyl (C=O) groups is 2. The molecule has 0 amide bonds. The van der Waals surface area contributed by atoms with Gasteiger partial charge in [-0.15, -0.1) is 0 Å². The molecule has 0 saturated carbocycles. The summed E-state index contributed by atoms with van der Waals surface area (Å²) < 4.78 is 36.8. The third-order valence-electron chi connectivity index (χ3n) is 6.71. The zero-order valence-corrected chi connectivity index (χ0v) is 24.1. The molecule has 0 aliphatic carbocycles. The van der Waals surface area contributed by atoms with Crippen LogP contribution in [0.25, 0.3) is 11.1 Å². The van der Waals surface area contributed by atoms with E-state index in [1.54, 1.807) is 19.1 Å². The van der Waals surface area contributed by atoms with E-state index in [0.29, 0.717) is 44.2 Å². The zero-order chi connectivity index (χ0) is 30.6. The summed E-state index contributed by atoms with van der Waals surface area (Å²) >= 11 is 0. The maximum absolute atomic E-state index is 15.1. The van der Waals surface area contributed by atoms with Gasteiger partial charge in [-0.25, -0.2) is 14.4 Å². The molecule has 13 nitrogen and oxygen atoms in total. The number of nitrogens with two attached hydrogens (primary N) is 1. The van der Waals surface area contributed by atoms with Crippen LogP contribution in [0.15, 0.2) is 35.7 Å². The topological polar surface area (TPSA) is 172 Å². The molecular formula is C29H37FN6O7. The number of oxime groups is 1. The Labute approximate surface area is 249 Å². The Morgan fingerprint density at radius 2 is 1.95 bits per heavy atom. The van der Waals surface area contributed by atoms with Crippen LogP contribution in [0.4, 0.5) is 10.3 Å². The summed E-state index contributed by atoms with van der Waals surface area (Å²) in [6.07, 6.45) is 5.66. The summed E-state index contributed by atoms with van der Waals surface area (Å²) in [7, 11) is 0. The van der Waals surface area contributed by atoms with E-state index in [0.717, 1.165) is 25.0 Å². The highest BCUT2D eigenvalue weighted by atomic mass is 19.1. The Bertz CT molecular complexity index is 1280. The molecule has 3 N–H and O–H groups in total. The minimum atomic E-state index is -0.705. The summed E-state index contributed by atoms with van der Waals surface area (Å²) in [5.74, 6) is -1.59. The van der Waals surface area contributed by atoms with E-state index in [4.69, 9.17) is 34.9 Å². The van der Waals surface area contributed by atoms with E-state index >= 15 is 4.39 Å². The molecule has 0 bridgehead atoms. The number of ether oxygens (including phenoxy) is 4. The molecule has 0 spiro atoms. The van der Waals surface area contributed by atoms with Gasteiger partial charge < -0.3 is 34.4 Å². The second kappa shape index (κ2) is 15.9.